The average molecular weight is 482 g/mol. The molecule has 1 aliphatic carbocycles. The predicted octanol–water partition coefficient (Wildman–Crippen LogP) is 2.43. The van der Waals surface area contributed by atoms with E-state index in [1.807, 2.05) is 43.3 Å². The Hall–Kier alpha value is -2.71. The van der Waals surface area contributed by atoms with Crippen molar-refractivity contribution in [3.8, 4) is 0 Å². The van der Waals surface area contributed by atoms with Gasteiger partial charge in [-0.3, -0.25) is 14.4 Å². The van der Waals surface area contributed by atoms with Crippen molar-refractivity contribution in [1.82, 2.24) is 10.2 Å². The van der Waals surface area contributed by atoms with Gasteiger partial charge in [0, 0.05) is 25.4 Å². The first kappa shape index (κ1) is 24.0. The Morgan fingerprint density at radius 2 is 2.03 bits per heavy atom. The van der Waals surface area contributed by atoms with Crippen molar-refractivity contribution < 1.29 is 23.9 Å². The van der Waals surface area contributed by atoms with E-state index in [1.165, 1.54) is 6.42 Å². The summed E-state index contributed by atoms with van der Waals surface area (Å²) in [6, 6.07) is 6.80. The van der Waals surface area contributed by atoms with Crippen LogP contribution in [-0.4, -0.2) is 66.7 Å². The lowest BCUT2D eigenvalue weighted by Gasteiger charge is -2.35. The first-order valence-corrected chi connectivity index (χ1v) is 12.7. The summed E-state index contributed by atoms with van der Waals surface area (Å²) >= 11 is 0. The van der Waals surface area contributed by atoms with Crippen LogP contribution >= 0.6 is 0 Å². The number of carbonyl (C=O) groups excluding carboxylic acids is 3. The Labute approximate surface area is 206 Å². The third kappa shape index (κ3) is 4.06. The topological polar surface area (TPSA) is 97.0 Å². The number of hydrogen-bond acceptors (Lipinski definition) is 5. The molecule has 0 unspecified atom stereocenters. The molecule has 188 valence electrons. The van der Waals surface area contributed by atoms with Crippen LogP contribution in [0.2, 0.25) is 0 Å². The third-order valence-corrected chi connectivity index (χ3v) is 8.19. The second-order valence-electron chi connectivity index (χ2n) is 10.5. The number of rotatable bonds is 7. The van der Waals surface area contributed by atoms with Crippen molar-refractivity contribution in [2.75, 3.05) is 25.6 Å². The molecule has 2 bridgehead atoms. The average Bonchev–Trinajstić information content (AvgIpc) is 3.46. The van der Waals surface area contributed by atoms with Gasteiger partial charge < -0.3 is 25.0 Å². The number of nitrogens with zero attached hydrogens (tertiary/aromatic N) is 1. The number of likely N-dealkylation sites (tertiary alicyclic amines) is 1. The van der Waals surface area contributed by atoms with Crippen molar-refractivity contribution in [3.05, 3.63) is 42.0 Å². The maximum Gasteiger partial charge on any atom is 0.246 e. The standard InChI is InChI=1S/C27H35N3O5/c1-16-7-6-9-18(15-16)28-24(31)21-20-11-12-27(35-20)22(21)26(33)30(13-14-34-3)23(27)25(32)29-19-10-5-4-8-17(19)2/h6-7,9,11-12,15,17,19-23H,4-5,8,10,13-14H2,1-3H3,(H,28,31)(H,29,32)/t17-,19-,20+,21+,22+,23-,27-/m0/s1. The van der Waals surface area contributed by atoms with E-state index in [1.54, 1.807) is 12.0 Å². The Morgan fingerprint density at radius 3 is 2.77 bits per heavy atom. The fourth-order valence-electron chi connectivity index (χ4n) is 6.44. The summed E-state index contributed by atoms with van der Waals surface area (Å²) in [5, 5.41) is 6.19. The van der Waals surface area contributed by atoms with Crippen molar-refractivity contribution in [3.63, 3.8) is 0 Å². The molecule has 4 aliphatic rings. The van der Waals surface area contributed by atoms with Crippen molar-refractivity contribution in [2.24, 2.45) is 17.8 Å². The quantitative estimate of drug-likeness (QED) is 0.583. The SMILES string of the molecule is COCCN1C(=O)[C@H]2[C@H](C(=O)Nc3cccc(C)c3)[C@H]3C=C[C@@]2(O3)[C@@H]1C(=O)N[C@H]1CCCC[C@@H]1C. The van der Waals surface area contributed by atoms with E-state index in [4.69, 9.17) is 9.47 Å². The first-order valence-electron chi connectivity index (χ1n) is 12.7. The number of fused-ring (bicyclic) bond motifs is 1. The monoisotopic (exact) mass is 481 g/mol. The van der Waals surface area contributed by atoms with Gasteiger partial charge in [-0.15, -0.1) is 0 Å². The van der Waals surface area contributed by atoms with Crippen LogP contribution < -0.4 is 10.6 Å². The van der Waals surface area contributed by atoms with Crippen LogP contribution in [0.5, 0.6) is 0 Å². The van der Waals surface area contributed by atoms with Crippen LogP contribution in [0.1, 0.15) is 38.2 Å². The highest BCUT2D eigenvalue weighted by atomic mass is 16.5. The second kappa shape index (κ2) is 9.39. The summed E-state index contributed by atoms with van der Waals surface area (Å²) in [5.41, 5.74) is 0.560. The Balaban J connectivity index is 1.43. The zero-order valence-electron chi connectivity index (χ0n) is 20.7. The molecule has 2 saturated heterocycles. The van der Waals surface area contributed by atoms with Gasteiger partial charge >= 0.3 is 0 Å². The van der Waals surface area contributed by atoms with Crippen LogP contribution in [0.4, 0.5) is 5.69 Å². The van der Waals surface area contributed by atoms with Crippen molar-refractivity contribution >= 4 is 23.4 Å². The molecule has 1 saturated carbocycles. The minimum Gasteiger partial charge on any atom is -0.383 e. The molecule has 35 heavy (non-hydrogen) atoms. The van der Waals surface area contributed by atoms with Gasteiger partial charge in [-0.2, -0.15) is 0 Å². The summed E-state index contributed by atoms with van der Waals surface area (Å²) in [4.78, 5) is 42.5. The number of ether oxygens (including phenoxy) is 2. The van der Waals surface area contributed by atoms with Gasteiger partial charge in [0.25, 0.3) is 0 Å². The number of nitrogens with one attached hydrogen (secondary N) is 2. The zero-order valence-corrected chi connectivity index (χ0v) is 20.7. The summed E-state index contributed by atoms with van der Waals surface area (Å²) in [6.45, 7) is 4.68. The molecule has 0 aromatic heterocycles. The largest absolute Gasteiger partial charge is 0.383 e. The maximum absolute atomic E-state index is 13.8. The van der Waals surface area contributed by atoms with E-state index >= 15 is 0 Å². The summed E-state index contributed by atoms with van der Waals surface area (Å²) in [6.07, 6.45) is 7.42. The highest BCUT2D eigenvalue weighted by Crippen LogP contribution is 2.55. The van der Waals surface area contributed by atoms with E-state index in [9.17, 15) is 14.4 Å². The van der Waals surface area contributed by atoms with E-state index < -0.39 is 29.6 Å². The highest BCUT2D eigenvalue weighted by molar-refractivity contribution is 6.02. The van der Waals surface area contributed by atoms with Gasteiger partial charge in [-0.05, 0) is 43.4 Å². The molecule has 8 heteroatoms. The minimum atomic E-state index is -1.15. The van der Waals surface area contributed by atoms with Crippen LogP contribution in [0.15, 0.2) is 36.4 Å². The predicted molar refractivity (Wildman–Crippen MR) is 130 cm³/mol. The third-order valence-electron chi connectivity index (χ3n) is 8.19. The number of hydrogen-bond donors (Lipinski definition) is 2. The normalized spacial score (nSPS) is 35.3. The second-order valence-corrected chi connectivity index (χ2v) is 10.5. The molecule has 1 spiro atoms. The van der Waals surface area contributed by atoms with Gasteiger partial charge in [-0.25, -0.2) is 0 Å². The molecular formula is C27H35N3O5. The van der Waals surface area contributed by atoms with Crippen molar-refractivity contribution in [2.45, 2.75) is 63.3 Å². The van der Waals surface area contributed by atoms with Gasteiger partial charge in [0.1, 0.15) is 11.6 Å². The van der Waals surface area contributed by atoms with E-state index in [-0.39, 0.29) is 30.3 Å². The summed E-state index contributed by atoms with van der Waals surface area (Å²) in [5.74, 6) is -1.77. The molecule has 1 aromatic rings. The fraction of sp³-hybridized carbons (Fsp3) is 0.593. The molecule has 1 aromatic carbocycles. The molecule has 5 rings (SSSR count). The molecule has 3 aliphatic heterocycles. The summed E-state index contributed by atoms with van der Waals surface area (Å²) in [7, 11) is 1.57. The number of benzene rings is 1. The van der Waals surface area contributed by atoms with Crippen LogP contribution in [0, 0.1) is 24.7 Å². The lowest BCUT2D eigenvalue weighted by Crippen LogP contribution is -2.57. The number of anilines is 1. The lowest BCUT2D eigenvalue weighted by molar-refractivity contribution is -0.142. The number of aryl methyl sites for hydroxylation is 1. The Morgan fingerprint density at radius 1 is 1.23 bits per heavy atom. The molecule has 7 atom stereocenters. The zero-order chi connectivity index (χ0) is 24.7. The maximum atomic E-state index is 13.8. The van der Waals surface area contributed by atoms with Crippen molar-refractivity contribution in [1.29, 1.82) is 0 Å². The molecule has 8 nitrogen and oxygen atoms in total. The van der Waals surface area contributed by atoms with Gasteiger partial charge in [0.2, 0.25) is 17.7 Å². The molecule has 2 N–H and O–H groups in total. The van der Waals surface area contributed by atoms with Gasteiger partial charge in [-0.1, -0.05) is 44.1 Å². The fourth-order valence-corrected chi connectivity index (χ4v) is 6.44. The van der Waals surface area contributed by atoms with Gasteiger partial charge in [0.15, 0.2) is 0 Å². The smallest absolute Gasteiger partial charge is 0.246 e. The van der Waals surface area contributed by atoms with Gasteiger partial charge in [0.05, 0.1) is 24.5 Å². The number of carbonyl (C=O) groups is 3. The highest BCUT2D eigenvalue weighted by Gasteiger charge is 2.72. The van der Waals surface area contributed by atoms with Crippen LogP contribution in [0.3, 0.4) is 0 Å². The van der Waals surface area contributed by atoms with E-state index in [0.717, 1.165) is 24.8 Å². The minimum absolute atomic E-state index is 0.0778. The Bertz CT molecular complexity index is 1040. The summed E-state index contributed by atoms with van der Waals surface area (Å²) < 4.78 is 11.6. The van der Waals surface area contributed by atoms with E-state index in [2.05, 4.69) is 17.6 Å². The number of amides is 3. The van der Waals surface area contributed by atoms with E-state index in [0.29, 0.717) is 18.2 Å². The molecule has 3 heterocycles. The first-order chi connectivity index (χ1) is 16.9. The van der Waals surface area contributed by atoms with Crippen LogP contribution in [0.25, 0.3) is 0 Å². The molecular weight excluding hydrogens is 446 g/mol. The number of methoxy groups -OCH3 is 1. The lowest BCUT2D eigenvalue weighted by atomic mass is 9.74. The molecule has 0 radical (unpaired) electrons. The molecule has 3 amide bonds. The Kier molecular flexibility index (Phi) is 6.44. The van der Waals surface area contributed by atoms with Crippen LogP contribution in [-0.2, 0) is 23.9 Å². The molecule has 3 fully saturated rings.